The standard InChI is InChI=1S/C18H22N2O4S/c21-18-13-17(11-12-19(18)14-15-7-3-1-4-8-15)20(25(22,23)24)16-9-5-2-6-10-16/h1-10,17-18,21H,11-14H2,(H,22,23,24). The van der Waals surface area contributed by atoms with E-state index in [1.54, 1.807) is 30.3 Å². The molecule has 1 aliphatic rings. The van der Waals surface area contributed by atoms with Crippen molar-refractivity contribution in [1.82, 2.24) is 4.90 Å². The summed E-state index contributed by atoms with van der Waals surface area (Å²) in [6.07, 6.45) is -0.00739. The molecular formula is C18H22N2O4S. The second kappa shape index (κ2) is 7.53. The number of para-hydroxylation sites is 1. The van der Waals surface area contributed by atoms with Crippen LogP contribution >= 0.6 is 0 Å². The van der Waals surface area contributed by atoms with Crippen molar-refractivity contribution in [3.63, 3.8) is 0 Å². The predicted octanol–water partition coefficient (Wildman–Crippen LogP) is 2.28. The number of aliphatic hydroxyl groups excluding tert-OH is 1. The van der Waals surface area contributed by atoms with E-state index in [4.69, 9.17) is 0 Å². The molecule has 0 aromatic heterocycles. The molecule has 0 bridgehead atoms. The van der Waals surface area contributed by atoms with Gasteiger partial charge in [-0.15, -0.1) is 0 Å². The van der Waals surface area contributed by atoms with Crippen LogP contribution in [0.4, 0.5) is 5.69 Å². The van der Waals surface area contributed by atoms with Crippen molar-refractivity contribution in [3.05, 3.63) is 66.2 Å². The molecule has 3 rings (SSSR count). The summed E-state index contributed by atoms with van der Waals surface area (Å²) < 4.78 is 34.5. The molecule has 1 heterocycles. The Bertz CT molecular complexity index is 783. The van der Waals surface area contributed by atoms with Crippen molar-refractivity contribution in [2.75, 3.05) is 10.8 Å². The fraction of sp³-hybridized carbons (Fsp3) is 0.333. The van der Waals surface area contributed by atoms with Crippen molar-refractivity contribution in [2.45, 2.75) is 31.7 Å². The molecule has 7 heteroatoms. The van der Waals surface area contributed by atoms with E-state index in [-0.39, 0.29) is 6.42 Å². The van der Waals surface area contributed by atoms with Crippen LogP contribution in [0.3, 0.4) is 0 Å². The van der Waals surface area contributed by atoms with E-state index in [2.05, 4.69) is 0 Å². The van der Waals surface area contributed by atoms with E-state index < -0.39 is 22.6 Å². The van der Waals surface area contributed by atoms with Gasteiger partial charge in [-0.05, 0) is 24.1 Å². The summed E-state index contributed by atoms with van der Waals surface area (Å²) in [4.78, 5) is 1.92. The third-order valence-electron chi connectivity index (χ3n) is 4.47. The van der Waals surface area contributed by atoms with Crippen molar-refractivity contribution >= 4 is 16.0 Å². The van der Waals surface area contributed by atoms with E-state index in [1.165, 1.54) is 0 Å². The number of hydrogen-bond donors (Lipinski definition) is 2. The van der Waals surface area contributed by atoms with E-state index in [0.717, 1.165) is 9.87 Å². The molecule has 2 N–H and O–H groups in total. The van der Waals surface area contributed by atoms with Crippen molar-refractivity contribution in [1.29, 1.82) is 0 Å². The first-order valence-electron chi connectivity index (χ1n) is 8.23. The molecule has 1 fully saturated rings. The Hall–Kier alpha value is -1.93. The SMILES string of the molecule is O=S(=O)(O)N(c1ccccc1)C1CCN(Cc2ccccc2)C(O)C1. The Labute approximate surface area is 148 Å². The molecule has 6 nitrogen and oxygen atoms in total. The number of nitrogens with zero attached hydrogens (tertiary/aromatic N) is 2. The van der Waals surface area contributed by atoms with Gasteiger partial charge in [0.25, 0.3) is 0 Å². The van der Waals surface area contributed by atoms with Crippen LogP contribution in [0.25, 0.3) is 0 Å². The summed E-state index contributed by atoms with van der Waals surface area (Å²) >= 11 is 0. The average molecular weight is 362 g/mol. The maximum atomic E-state index is 11.9. The normalized spacial score (nSPS) is 21.8. The van der Waals surface area contributed by atoms with Gasteiger partial charge in [0.1, 0.15) is 6.23 Å². The fourth-order valence-electron chi connectivity index (χ4n) is 3.30. The van der Waals surface area contributed by atoms with Crippen molar-refractivity contribution < 1.29 is 18.1 Å². The van der Waals surface area contributed by atoms with Gasteiger partial charge in [0.15, 0.2) is 0 Å². The van der Waals surface area contributed by atoms with Crippen LogP contribution in [0.15, 0.2) is 60.7 Å². The molecule has 1 aliphatic heterocycles. The Kier molecular flexibility index (Phi) is 5.39. The number of benzene rings is 2. The fourth-order valence-corrected chi connectivity index (χ4v) is 4.25. The first-order chi connectivity index (χ1) is 11.9. The van der Waals surface area contributed by atoms with Crippen LogP contribution in [0.2, 0.25) is 0 Å². The zero-order chi connectivity index (χ0) is 17.9. The number of aliphatic hydroxyl groups is 1. The molecule has 2 unspecified atom stereocenters. The molecule has 0 aliphatic carbocycles. The largest absolute Gasteiger partial charge is 0.378 e. The average Bonchev–Trinajstić information content (AvgIpc) is 2.58. The maximum Gasteiger partial charge on any atom is 0.360 e. The van der Waals surface area contributed by atoms with Crippen LogP contribution in [0.5, 0.6) is 0 Å². The van der Waals surface area contributed by atoms with Crippen LogP contribution < -0.4 is 4.31 Å². The first kappa shape index (κ1) is 17.9. The Morgan fingerprint density at radius 2 is 1.64 bits per heavy atom. The van der Waals surface area contributed by atoms with Crippen molar-refractivity contribution in [2.24, 2.45) is 0 Å². The number of anilines is 1. The number of likely N-dealkylation sites (tertiary alicyclic amines) is 1. The molecule has 2 aromatic carbocycles. The van der Waals surface area contributed by atoms with Gasteiger partial charge in [-0.25, -0.2) is 4.31 Å². The molecule has 0 amide bonds. The highest BCUT2D eigenvalue weighted by Gasteiger charge is 2.35. The zero-order valence-electron chi connectivity index (χ0n) is 13.8. The summed E-state index contributed by atoms with van der Waals surface area (Å²) in [5.41, 5.74) is 1.49. The summed E-state index contributed by atoms with van der Waals surface area (Å²) in [5.74, 6) is 0. The van der Waals surface area contributed by atoms with Gasteiger partial charge in [0.2, 0.25) is 0 Å². The molecular weight excluding hydrogens is 340 g/mol. The zero-order valence-corrected chi connectivity index (χ0v) is 14.6. The highest BCUT2D eigenvalue weighted by Crippen LogP contribution is 2.28. The Balaban J connectivity index is 1.74. The van der Waals surface area contributed by atoms with Crippen molar-refractivity contribution in [3.8, 4) is 0 Å². The molecule has 1 saturated heterocycles. The van der Waals surface area contributed by atoms with E-state index in [1.807, 2.05) is 35.2 Å². The van der Waals surface area contributed by atoms with Gasteiger partial charge < -0.3 is 5.11 Å². The van der Waals surface area contributed by atoms with E-state index >= 15 is 0 Å². The second-order valence-electron chi connectivity index (χ2n) is 6.22. The van der Waals surface area contributed by atoms with E-state index in [9.17, 15) is 18.1 Å². The molecule has 25 heavy (non-hydrogen) atoms. The quantitative estimate of drug-likeness (QED) is 0.798. The Morgan fingerprint density at radius 3 is 2.20 bits per heavy atom. The number of rotatable bonds is 5. The summed E-state index contributed by atoms with van der Waals surface area (Å²) in [5, 5.41) is 10.5. The monoisotopic (exact) mass is 362 g/mol. The summed E-state index contributed by atoms with van der Waals surface area (Å²) in [6, 6.07) is 17.8. The lowest BCUT2D eigenvalue weighted by molar-refractivity contribution is -0.0344. The first-order valence-corrected chi connectivity index (χ1v) is 9.63. The van der Waals surface area contributed by atoms with Gasteiger partial charge >= 0.3 is 10.3 Å². The summed E-state index contributed by atoms with van der Waals surface area (Å²) in [6.45, 7) is 1.14. The van der Waals surface area contributed by atoms with Gasteiger partial charge in [-0.3, -0.25) is 9.45 Å². The molecule has 0 spiro atoms. The Morgan fingerprint density at radius 1 is 1.04 bits per heavy atom. The summed E-state index contributed by atoms with van der Waals surface area (Å²) in [7, 11) is -4.41. The van der Waals surface area contributed by atoms with Gasteiger partial charge in [0, 0.05) is 19.5 Å². The van der Waals surface area contributed by atoms with Gasteiger partial charge in [-0.1, -0.05) is 48.5 Å². The lowest BCUT2D eigenvalue weighted by atomic mass is 10.0. The maximum absolute atomic E-state index is 11.9. The third kappa shape index (κ3) is 4.38. The highest BCUT2D eigenvalue weighted by atomic mass is 32.2. The number of piperidine rings is 1. The molecule has 2 atom stereocenters. The van der Waals surface area contributed by atoms with Gasteiger partial charge in [0.05, 0.1) is 11.7 Å². The molecule has 2 aromatic rings. The lowest BCUT2D eigenvalue weighted by Gasteiger charge is -2.40. The minimum atomic E-state index is -4.41. The minimum absolute atomic E-state index is 0.238. The number of hydrogen-bond acceptors (Lipinski definition) is 4. The van der Waals surface area contributed by atoms with Crippen LogP contribution in [-0.4, -0.2) is 41.8 Å². The topological polar surface area (TPSA) is 81.1 Å². The molecule has 134 valence electrons. The van der Waals surface area contributed by atoms with Crippen LogP contribution in [-0.2, 0) is 16.8 Å². The van der Waals surface area contributed by atoms with Crippen LogP contribution in [0, 0.1) is 0 Å². The lowest BCUT2D eigenvalue weighted by Crippen LogP contribution is -2.51. The van der Waals surface area contributed by atoms with E-state index in [0.29, 0.717) is 25.2 Å². The second-order valence-corrected chi connectivity index (χ2v) is 7.51. The molecule has 0 saturated carbocycles. The van der Waals surface area contributed by atoms with Gasteiger partial charge in [-0.2, -0.15) is 8.42 Å². The smallest absolute Gasteiger partial charge is 0.360 e. The third-order valence-corrected chi connectivity index (χ3v) is 5.48. The highest BCUT2D eigenvalue weighted by molar-refractivity contribution is 7.87. The van der Waals surface area contributed by atoms with Crippen LogP contribution in [0.1, 0.15) is 18.4 Å². The predicted molar refractivity (Wildman–Crippen MR) is 96.4 cm³/mol. The molecule has 0 radical (unpaired) electrons. The minimum Gasteiger partial charge on any atom is -0.378 e.